The van der Waals surface area contributed by atoms with Crippen LogP contribution in [0, 0.1) is 5.92 Å². The number of allylic oxidation sites excluding steroid dienone is 2. The van der Waals surface area contributed by atoms with Crippen LogP contribution in [-0.4, -0.2) is 36.3 Å². The summed E-state index contributed by atoms with van der Waals surface area (Å²) in [6.45, 7) is 11.7. The number of aromatic nitrogens is 1. The van der Waals surface area contributed by atoms with Gasteiger partial charge < -0.3 is 10.5 Å². The number of rotatable bonds is 10. The lowest BCUT2D eigenvalue weighted by atomic mass is 9.93. The smallest absolute Gasteiger partial charge is 0.267 e. The van der Waals surface area contributed by atoms with Gasteiger partial charge in [0.2, 0.25) is 0 Å². The molecule has 150 valence electrons. The summed E-state index contributed by atoms with van der Waals surface area (Å²) >= 11 is 0. The van der Waals surface area contributed by atoms with Crippen molar-refractivity contribution < 1.29 is 13.5 Å². The number of hydrogen-bond acceptors (Lipinski definition) is 4. The predicted molar refractivity (Wildman–Crippen MR) is 107 cm³/mol. The molecular formula is C21H31F2N3O. The maximum Gasteiger partial charge on any atom is 0.267 e. The van der Waals surface area contributed by atoms with Crippen LogP contribution in [0.25, 0.3) is 0 Å². The average Bonchev–Trinajstić information content (AvgIpc) is 2.59. The van der Waals surface area contributed by atoms with Gasteiger partial charge in [-0.1, -0.05) is 27.4 Å². The first-order valence-corrected chi connectivity index (χ1v) is 9.12. The summed E-state index contributed by atoms with van der Waals surface area (Å²) in [5, 5.41) is 0. The first-order valence-electron chi connectivity index (χ1n) is 9.12. The maximum atomic E-state index is 13.6. The molecule has 0 radical (unpaired) electrons. The first kappa shape index (κ1) is 23.0. The lowest BCUT2D eigenvalue weighted by Crippen LogP contribution is -2.42. The molecule has 1 aromatic rings. The van der Waals surface area contributed by atoms with E-state index in [0.29, 0.717) is 18.1 Å². The molecule has 0 aliphatic carbocycles. The highest BCUT2D eigenvalue weighted by molar-refractivity contribution is 6.09. The summed E-state index contributed by atoms with van der Waals surface area (Å²) in [5.74, 6) is 0.289. The number of aryl methyl sites for hydroxylation is 1. The third-order valence-corrected chi connectivity index (χ3v) is 4.02. The summed E-state index contributed by atoms with van der Waals surface area (Å²) in [4.78, 5) is 8.37. The monoisotopic (exact) mass is 379 g/mol. The van der Waals surface area contributed by atoms with Gasteiger partial charge in [-0.25, -0.2) is 8.78 Å². The number of halogens is 2. The topological polar surface area (TPSA) is 60.5 Å². The summed E-state index contributed by atoms with van der Waals surface area (Å²) in [5.41, 5.74) is 7.28. The van der Waals surface area contributed by atoms with E-state index in [1.807, 2.05) is 33.8 Å². The van der Waals surface area contributed by atoms with Gasteiger partial charge in [0.1, 0.15) is 12.4 Å². The second-order valence-electron chi connectivity index (χ2n) is 7.36. The van der Waals surface area contributed by atoms with Gasteiger partial charge in [0.15, 0.2) is 0 Å². The standard InChI is InChI=1S/C21H31F2N3O/c1-7-17-10-16(8-9-26-17)19(25-6)11-18(20(22)23)15(4)27-13-21(5,24)12-14(2)3/h8-11,14,20H,4,7,12-13,24H2,1-3,5-6H3/b18-11+,25-19+. The minimum absolute atomic E-state index is 0.0867. The second-order valence-corrected chi connectivity index (χ2v) is 7.36. The first-order chi connectivity index (χ1) is 12.6. The van der Waals surface area contributed by atoms with Gasteiger partial charge in [-0.2, -0.15) is 0 Å². The number of aliphatic imine (C=N–C) groups is 1. The Morgan fingerprint density at radius 3 is 2.63 bits per heavy atom. The van der Waals surface area contributed by atoms with E-state index in [0.717, 1.165) is 17.7 Å². The van der Waals surface area contributed by atoms with E-state index in [1.165, 1.54) is 6.08 Å². The Morgan fingerprint density at radius 1 is 1.44 bits per heavy atom. The molecule has 0 saturated heterocycles. The van der Waals surface area contributed by atoms with Crippen molar-refractivity contribution in [2.75, 3.05) is 13.7 Å². The quantitative estimate of drug-likeness (QED) is 0.369. The Bertz CT molecular complexity index is 694. The molecule has 27 heavy (non-hydrogen) atoms. The fourth-order valence-electron chi connectivity index (χ4n) is 2.85. The Balaban J connectivity index is 3.02. The fourth-order valence-corrected chi connectivity index (χ4v) is 2.85. The van der Waals surface area contributed by atoms with Crippen LogP contribution in [-0.2, 0) is 11.2 Å². The van der Waals surface area contributed by atoms with Crippen LogP contribution in [0.3, 0.4) is 0 Å². The molecule has 1 heterocycles. The number of hydrogen-bond donors (Lipinski definition) is 1. The van der Waals surface area contributed by atoms with Crippen molar-refractivity contribution in [2.24, 2.45) is 16.6 Å². The summed E-state index contributed by atoms with van der Waals surface area (Å²) in [7, 11) is 1.56. The summed E-state index contributed by atoms with van der Waals surface area (Å²) in [6, 6.07) is 3.58. The normalized spacial score (nSPS) is 15.2. The molecule has 0 fully saturated rings. The molecule has 0 amide bonds. The van der Waals surface area contributed by atoms with Crippen LogP contribution < -0.4 is 5.73 Å². The van der Waals surface area contributed by atoms with Gasteiger partial charge in [-0.05, 0) is 43.9 Å². The van der Waals surface area contributed by atoms with Crippen LogP contribution in [0.1, 0.15) is 45.4 Å². The molecule has 1 rings (SSSR count). The molecule has 0 spiro atoms. The van der Waals surface area contributed by atoms with Crippen molar-refractivity contribution in [1.82, 2.24) is 4.98 Å². The lowest BCUT2D eigenvalue weighted by molar-refractivity contribution is 0.124. The highest BCUT2D eigenvalue weighted by Gasteiger charge is 2.24. The molecule has 0 aliphatic heterocycles. The molecule has 0 aliphatic rings. The number of ether oxygens (including phenoxy) is 1. The van der Waals surface area contributed by atoms with Crippen LogP contribution in [0.15, 0.2) is 47.3 Å². The zero-order valence-corrected chi connectivity index (χ0v) is 16.9. The summed E-state index contributed by atoms with van der Waals surface area (Å²) < 4.78 is 32.8. The minimum Gasteiger partial charge on any atom is -0.492 e. The maximum absolute atomic E-state index is 13.6. The molecule has 1 unspecified atom stereocenters. The molecular weight excluding hydrogens is 348 g/mol. The lowest BCUT2D eigenvalue weighted by Gasteiger charge is -2.27. The van der Waals surface area contributed by atoms with Crippen molar-refractivity contribution >= 4 is 5.71 Å². The highest BCUT2D eigenvalue weighted by atomic mass is 19.3. The van der Waals surface area contributed by atoms with Crippen LogP contribution in [0.2, 0.25) is 0 Å². The molecule has 4 nitrogen and oxygen atoms in total. The largest absolute Gasteiger partial charge is 0.492 e. The van der Waals surface area contributed by atoms with Crippen molar-refractivity contribution in [3.05, 3.63) is 53.6 Å². The Morgan fingerprint density at radius 2 is 2.11 bits per heavy atom. The van der Waals surface area contributed by atoms with Gasteiger partial charge in [0.05, 0.1) is 11.3 Å². The highest BCUT2D eigenvalue weighted by Crippen LogP contribution is 2.22. The van der Waals surface area contributed by atoms with Crippen molar-refractivity contribution in [3.63, 3.8) is 0 Å². The van der Waals surface area contributed by atoms with Crippen molar-refractivity contribution in [1.29, 1.82) is 0 Å². The average molecular weight is 379 g/mol. The minimum atomic E-state index is -2.74. The van der Waals surface area contributed by atoms with Gasteiger partial charge >= 0.3 is 0 Å². The zero-order valence-electron chi connectivity index (χ0n) is 16.9. The van der Waals surface area contributed by atoms with E-state index in [1.54, 1.807) is 19.3 Å². The number of alkyl halides is 2. The number of nitrogens with two attached hydrogens (primary N) is 1. The van der Waals surface area contributed by atoms with Crippen molar-refractivity contribution in [2.45, 2.75) is 52.5 Å². The van der Waals surface area contributed by atoms with E-state index < -0.39 is 12.0 Å². The SMILES string of the molecule is C=C(OCC(C)(N)CC(C)C)/C(=C\C(=N/C)c1ccnc(CC)c1)C(F)F. The van der Waals surface area contributed by atoms with Gasteiger partial charge in [-0.15, -0.1) is 0 Å². The third kappa shape index (κ3) is 7.59. The van der Waals surface area contributed by atoms with E-state index >= 15 is 0 Å². The molecule has 6 heteroatoms. The molecule has 1 aromatic heterocycles. The molecule has 0 aromatic carbocycles. The van der Waals surface area contributed by atoms with E-state index in [9.17, 15) is 8.78 Å². The van der Waals surface area contributed by atoms with Crippen LogP contribution >= 0.6 is 0 Å². The molecule has 1 atom stereocenters. The van der Waals surface area contributed by atoms with Gasteiger partial charge in [0, 0.05) is 30.0 Å². The summed E-state index contributed by atoms with van der Waals surface area (Å²) in [6.07, 6.45) is 1.68. The third-order valence-electron chi connectivity index (χ3n) is 4.02. The predicted octanol–water partition coefficient (Wildman–Crippen LogP) is 4.55. The second kappa shape index (κ2) is 10.3. The van der Waals surface area contributed by atoms with Crippen LogP contribution in [0.4, 0.5) is 8.78 Å². The van der Waals surface area contributed by atoms with Crippen molar-refractivity contribution in [3.8, 4) is 0 Å². The molecule has 0 saturated carbocycles. The Hall–Kier alpha value is -2.08. The molecule has 0 bridgehead atoms. The molecule has 2 N–H and O–H groups in total. The fraction of sp³-hybridized carbons (Fsp3) is 0.524. The van der Waals surface area contributed by atoms with Crippen LogP contribution in [0.5, 0.6) is 0 Å². The zero-order chi connectivity index (χ0) is 20.6. The van der Waals surface area contributed by atoms with Gasteiger partial charge in [0.25, 0.3) is 6.43 Å². The Labute approximate surface area is 161 Å². The Kier molecular flexibility index (Phi) is 8.76. The number of nitrogens with zero attached hydrogens (tertiary/aromatic N) is 2. The van der Waals surface area contributed by atoms with E-state index in [-0.39, 0.29) is 17.9 Å². The number of pyridine rings is 1. The van der Waals surface area contributed by atoms with E-state index in [4.69, 9.17) is 10.5 Å². The van der Waals surface area contributed by atoms with Gasteiger partial charge in [-0.3, -0.25) is 9.98 Å². The van der Waals surface area contributed by atoms with E-state index in [2.05, 4.69) is 16.6 Å².